The zero-order valence-corrected chi connectivity index (χ0v) is 9.51. The van der Waals surface area contributed by atoms with E-state index in [0.29, 0.717) is 16.9 Å². The Hall–Kier alpha value is -0.810. The van der Waals surface area contributed by atoms with E-state index in [2.05, 4.69) is 20.9 Å². The van der Waals surface area contributed by atoms with Crippen molar-refractivity contribution in [3.63, 3.8) is 0 Å². The molecular formula is C8H8BrClN2O2. The number of rotatable bonds is 3. The van der Waals surface area contributed by atoms with Gasteiger partial charge in [-0.05, 0) is 15.9 Å². The summed E-state index contributed by atoms with van der Waals surface area (Å²) in [4.78, 5) is 24.3. The average Bonchev–Trinajstić information content (AvgIpc) is 2.14. The van der Waals surface area contributed by atoms with E-state index in [1.54, 1.807) is 12.2 Å². The van der Waals surface area contributed by atoms with Crippen LogP contribution in [-0.4, -0.2) is 15.4 Å². The van der Waals surface area contributed by atoms with Crippen LogP contribution in [0.5, 0.6) is 0 Å². The van der Waals surface area contributed by atoms with Crippen LogP contribution in [0.1, 0.15) is 0 Å². The van der Waals surface area contributed by atoms with E-state index < -0.39 is 11.2 Å². The Balaban J connectivity index is 2.99. The van der Waals surface area contributed by atoms with Gasteiger partial charge in [-0.3, -0.25) is 14.3 Å². The Morgan fingerprint density at radius 3 is 2.86 bits per heavy atom. The fourth-order valence-electron chi connectivity index (χ4n) is 0.869. The van der Waals surface area contributed by atoms with E-state index >= 15 is 0 Å². The predicted molar refractivity (Wildman–Crippen MR) is 58.9 cm³/mol. The van der Waals surface area contributed by atoms with Crippen LogP contribution in [0.25, 0.3) is 0 Å². The van der Waals surface area contributed by atoms with Gasteiger partial charge >= 0.3 is 5.69 Å². The monoisotopic (exact) mass is 278 g/mol. The van der Waals surface area contributed by atoms with Gasteiger partial charge in [0.05, 0.1) is 4.47 Å². The van der Waals surface area contributed by atoms with Crippen molar-refractivity contribution in [2.75, 3.05) is 5.88 Å². The molecule has 1 aromatic heterocycles. The highest BCUT2D eigenvalue weighted by atomic mass is 79.9. The molecule has 0 spiro atoms. The molecule has 76 valence electrons. The fourth-order valence-corrected chi connectivity index (χ4v) is 1.34. The molecule has 0 aromatic carbocycles. The molecule has 0 saturated heterocycles. The van der Waals surface area contributed by atoms with Gasteiger partial charge < -0.3 is 0 Å². The number of hydrogen-bond acceptors (Lipinski definition) is 2. The Kier molecular flexibility index (Phi) is 4.16. The van der Waals surface area contributed by atoms with E-state index in [4.69, 9.17) is 11.6 Å². The topological polar surface area (TPSA) is 54.9 Å². The van der Waals surface area contributed by atoms with Crippen molar-refractivity contribution >= 4 is 27.5 Å². The molecule has 1 aromatic rings. The van der Waals surface area contributed by atoms with Gasteiger partial charge in [0.15, 0.2) is 0 Å². The van der Waals surface area contributed by atoms with E-state index in [-0.39, 0.29) is 0 Å². The molecule has 0 aliphatic carbocycles. The lowest BCUT2D eigenvalue weighted by Gasteiger charge is -2.00. The van der Waals surface area contributed by atoms with Gasteiger partial charge in [-0.1, -0.05) is 12.2 Å². The van der Waals surface area contributed by atoms with Crippen LogP contribution in [0.15, 0.2) is 32.4 Å². The fraction of sp³-hybridized carbons (Fsp3) is 0.250. The van der Waals surface area contributed by atoms with Gasteiger partial charge in [-0.2, -0.15) is 0 Å². The minimum absolute atomic E-state index is 0.330. The van der Waals surface area contributed by atoms with Crippen LogP contribution in [-0.2, 0) is 6.54 Å². The van der Waals surface area contributed by atoms with E-state index in [9.17, 15) is 9.59 Å². The molecule has 0 aliphatic heterocycles. The first kappa shape index (κ1) is 11.3. The van der Waals surface area contributed by atoms with Crippen LogP contribution in [0.3, 0.4) is 0 Å². The Morgan fingerprint density at radius 2 is 2.21 bits per heavy atom. The SMILES string of the molecule is O=c1[nH]c(=O)n(CC=CCCl)cc1Br. The smallest absolute Gasteiger partial charge is 0.296 e. The van der Waals surface area contributed by atoms with Crippen molar-refractivity contribution in [2.45, 2.75) is 6.54 Å². The average molecular weight is 280 g/mol. The first-order valence-electron chi connectivity index (χ1n) is 3.85. The lowest BCUT2D eigenvalue weighted by Crippen LogP contribution is -2.29. The second kappa shape index (κ2) is 5.17. The van der Waals surface area contributed by atoms with Gasteiger partial charge in [-0.15, -0.1) is 11.6 Å². The highest BCUT2D eigenvalue weighted by molar-refractivity contribution is 9.10. The predicted octanol–water partition coefficient (Wildman–Crippen LogP) is 1.09. The number of hydrogen-bond donors (Lipinski definition) is 1. The number of H-pyrrole nitrogens is 1. The molecule has 0 radical (unpaired) electrons. The molecule has 1 heterocycles. The molecule has 0 aliphatic rings. The number of alkyl halides is 1. The maximum atomic E-state index is 11.2. The summed E-state index contributed by atoms with van der Waals surface area (Å²) >= 11 is 8.46. The molecule has 4 nitrogen and oxygen atoms in total. The molecule has 14 heavy (non-hydrogen) atoms. The number of nitrogens with zero attached hydrogens (tertiary/aromatic N) is 1. The zero-order chi connectivity index (χ0) is 10.6. The molecule has 0 bridgehead atoms. The van der Waals surface area contributed by atoms with Crippen molar-refractivity contribution in [3.05, 3.63) is 43.7 Å². The summed E-state index contributed by atoms with van der Waals surface area (Å²) in [6, 6.07) is 0. The summed E-state index contributed by atoms with van der Waals surface area (Å²) in [5.74, 6) is 0.402. The summed E-state index contributed by atoms with van der Waals surface area (Å²) in [5, 5.41) is 0. The maximum Gasteiger partial charge on any atom is 0.328 e. The largest absolute Gasteiger partial charge is 0.328 e. The summed E-state index contributed by atoms with van der Waals surface area (Å²) in [7, 11) is 0. The Morgan fingerprint density at radius 1 is 1.50 bits per heavy atom. The summed E-state index contributed by atoms with van der Waals surface area (Å²) < 4.78 is 1.70. The molecular weight excluding hydrogens is 271 g/mol. The number of nitrogens with one attached hydrogen (secondary N) is 1. The Labute approximate surface area is 93.3 Å². The van der Waals surface area contributed by atoms with E-state index in [1.165, 1.54) is 10.8 Å². The van der Waals surface area contributed by atoms with Crippen LogP contribution in [0.4, 0.5) is 0 Å². The highest BCUT2D eigenvalue weighted by Crippen LogP contribution is 1.97. The van der Waals surface area contributed by atoms with Gasteiger partial charge in [0.2, 0.25) is 0 Å². The van der Waals surface area contributed by atoms with Crippen LogP contribution in [0, 0.1) is 0 Å². The van der Waals surface area contributed by atoms with Crippen LogP contribution >= 0.6 is 27.5 Å². The molecule has 1 N–H and O–H groups in total. The third-order valence-electron chi connectivity index (χ3n) is 1.53. The molecule has 1 rings (SSSR count). The third kappa shape index (κ3) is 2.85. The van der Waals surface area contributed by atoms with Crippen molar-refractivity contribution < 1.29 is 0 Å². The second-order valence-corrected chi connectivity index (χ2v) is 3.68. The first-order valence-corrected chi connectivity index (χ1v) is 5.18. The van der Waals surface area contributed by atoms with Crippen LogP contribution < -0.4 is 11.2 Å². The second-order valence-electron chi connectivity index (χ2n) is 2.51. The van der Waals surface area contributed by atoms with Gasteiger partial charge in [-0.25, -0.2) is 4.79 Å². The molecule has 0 atom stereocenters. The standard InChI is InChI=1S/C8H8BrClN2O2/c9-6-5-12(4-2-1-3-10)8(14)11-7(6)13/h1-2,5H,3-4H2,(H,11,13,14). The molecule has 0 amide bonds. The number of allylic oxidation sites excluding steroid dienone is 2. The molecule has 0 fully saturated rings. The van der Waals surface area contributed by atoms with E-state index in [1.807, 2.05) is 0 Å². The lowest BCUT2D eigenvalue weighted by molar-refractivity contribution is 0.730. The lowest BCUT2D eigenvalue weighted by atomic mass is 10.5. The van der Waals surface area contributed by atoms with Crippen LogP contribution in [0.2, 0.25) is 0 Å². The van der Waals surface area contributed by atoms with Gasteiger partial charge in [0, 0.05) is 18.6 Å². The van der Waals surface area contributed by atoms with Gasteiger partial charge in [0.25, 0.3) is 5.56 Å². The summed E-state index contributed by atoms with van der Waals surface area (Å²) in [5.41, 5.74) is -0.856. The maximum absolute atomic E-state index is 11.2. The highest BCUT2D eigenvalue weighted by Gasteiger charge is 1.99. The quantitative estimate of drug-likeness (QED) is 0.665. The molecule has 6 heteroatoms. The third-order valence-corrected chi connectivity index (χ3v) is 2.27. The molecule has 0 unspecified atom stereocenters. The first-order chi connectivity index (χ1) is 6.65. The van der Waals surface area contributed by atoms with Crippen molar-refractivity contribution in [2.24, 2.45) is 0 Å². The number of aromatic nitrogens is 2. The summed E-state index contributed by atoms with van der Waals surface area (Å²) in [6.45, 7) is 0.390. The van der Waals surface area contributed by atoms with Crippen molar-refractivity contribution in [1.29, 1.82) is 0 Å². The minimum Gasteiger partial charge on any atom is -0.296 e. The normalized spacial score (nSPS) is 11.0. The Bertz CT molecular complexity index is 449. The van der Waals surface area contributed by atoms with Crippen molar-refractivity contribution in [1.82, 2.24) is 9.55 Å². The zero-order valence-electron chi connectivity index (χ0n) is 7.17. The van der Waals surface area contributed by atoms with Crippen molar-refractivity contribution in [3.8, 4) is 0 Å². The minimum atomic E-state index is -0.433. The summed E-state index contributed by atoms with van der Waals surface area (Å²) in [6.07, 6.45) is 4.92. The molecule has 0 saturated carbocycles. The van der Waals surface area contributed by atoms with Gasteiger partial charge in [0.1, 0.15) is 0 Å². The number of halogens is 2. The number of aromatic amines is 1. The van der Waals surface area contributed by atoms with E-state index in [0.717, 1.165) is 0 Å².